The first-order chi connectivity index (χ1) is 11.6. The third kappa shape index (κ3) is 3.76. The van der Waals surface area contributed by atoms with E-state index in [1.807, 2.05) is 0 Å². The molecule has 0 radical (unpaired) electrons. The summed E-state index contributed by atoms with van der Waals surface area (Å²) in [6.07, 6.45) is 4.97. The molecule has 0 spiro atoms. The first-order valence-electron chi connectivity index (χ1n) is 7.85. The summed E-state index contributed by atoms with van der Waals surface area (Å²) in [6.45, 7) is 4.14. The fourth-order valence-electron chi connectivity index (χ4n) is 2.54. The van der Waals surface area contributed by atoms with E-state index < -0.39 is 0 Å². The highest BCUT2D eigenvalue weighted by molar-refractivity contribution is 5.74. The number of hydrogen-bond donors (Lipinski definition) is 2. The van der Waals surface area contributed by atoms with Crippen molar-refractivity contribution < 1.29 is 14.6 Å². The summed E-state index contributed by atoms with van der Waals surface area (Å²) >= 11 is 0. The summed E-state index contributed by atoms with van der Waals surface area (Å²) in [4.78, 5) is 8.43. The minimum Gasteiger partial charge on any atom is -0.502 e. The second kappa shape index (κ2) is 8.19. The van der Waals surface area contributed by atoms with Crippen LogP contribution in [0.15, 0.2) is 36.3 Å². The lowest BCUT2D eigenvalue weighted by Gasteiger charge is -2.17. The number of phenolic OH excluding ortho intramolecular Hbond substituents is 1. The molecule has 1 aromatic carbocycles. The van der Waals surface area contributed by atoms with Gasteiger partial charge in [-0.15, -0.1) is 0 Å². The Hall–Kier alpha value is -2.76. The minimum atomic E-state index is -0.00314. The van der Waals surface area contributed by atoms with Crippen LogP contribution in [0.1, 0.15) is 32.3 Å². The second-order valence-corrected chi connectivity index (χ2v) is 5.09. The van der Waals surface area contributed by atoms with Crippen LogP contribution >= 0.6 is 0 Å². The first kappa shape index (κ1) is 17.6. The first-order valence-corrected chi connectivity index (χ1v) is 7.85. The number of hydrogen-bond acceptors (Lipinski definition) is 6. The van der Waals surface area contributed by atoms with Crippen molar-refractivity contribution in [2.24, 2.45) is 0 Å². The number of allylic oxidation sites excluding steroid dienone is 2. The van der Waals surface area contributed by atoms with E-state index in [0.717, 1.165) is 29.7 Å². The van der Waals surface area contributed by atoms with Crippen LogP contribution < -0.4 is 14.8 Å². The number of methoxy groups -OCH3 is 2. The summed E-state index contributed by atoms with van der Waals surface area (Å²) < 4.78 is 10.5. The van der Waals surface area contributed by atoms with Crippen molar-refractivity contribution >= 4 is 11.5 Å². The average molecular weight is 329 g/mol. The Bertz CT molecular complexity index is 690. The lowest BCUT2D eigenvalue weighted by Crippen LogP contribution is -2.06. The Morgan fingerprint density at radius 1 is 1.04 bits per heavy atom. The van der Waals surface area contributed by atoms with E-state index in [4.69, 9.17) is 9.47 Å². The van der Waals surface area contributed by atoms with Gasteiger partial charge in [0.25, 0.3) is 0 Å². The van der Waals surface area contributed by atoms with Crippen LogP contribution in [0.4, 0.5) is 5.95 Å². The van der Waals surface area contributed by atoms with Gasteiger partial charge in [-0.25, -0.2) is 9.97 Å². The average Bonchev–Trinajstić information content (AvgIpc) is 2.63. The van der Waals surface area contributed by atoms with Crippen molar-refractivity contribution in [3.05, 3.63) is 41.9 Å². The molecule has 0 aliphatic carbocycles. The Labute approximate surface area is 142 Å². The zero-order valence-electron chi connectivity index (χ0n) is 14.5. The molecular weight excluding hydrogens is 306 g/mol. The lowest BCUT2D eigenvalue weighted by molar-refractivity contribution is 0.339. The molecule has 0 fully saturated rings. The van der Waals surface area contributed by atoms with Crippen LogP contribution in [0.2, 0.25) is 0 Å². The summed E-state index contributed by atoms with van der Waals surface area (Å²) in [7, 11) is 3.04. The van der Waals surface area contributed by atoms with Gasteiger partial charge in [-0.1, -0.05) is 13.8 Å². The molecule has 0 atom stereocenters. The monoisotopic (exact) mass is 329 g/mol. The van der Waals surface area contributed by atoms with Crippen molar-refractivity contribution in [1.29, 1.82) is 0 Å². The van der Waals surface area contributed by atoms with Gasteiger partial charge in [0.15, 0.2) is 11.5 Å². The zero-order valence-corrected chi connectivity index (χ0v) is 14.5. The number of nitrogens with zero attached hydrogens (tertiary/aromatic N) is 2. The van der Waals surface area contributed by atoms with E-state index in [0.29, 0.717) is 17.4 Å². The summed E-state index contributed by atoms with van der Waals surface area (Å²) in [5.74, 6) is 1.30. The SMILES string of the molecule is CC/C(Nc1ncccn1)=C(/CC)c1cc(OC)c(O)c(OC)c1. The molecule has 0 saturated heterocycles. The zero-order chi connectivity index (χ0) is 17.5. The molecule has 128 valence electrons. The molecule has 2 rings (SSSR count). The topological polar surface area (TPSA) is 76.5 Å². The Kier molecular flexibility index (Phi) is 6.01. The fourth-order valence-corrected chi connectivity index (χ4v) is 2.54. The number of aromatic nitrogens is 2. The van der Waals surface area contributed by atoms with Gasteiger partial charge in [-0.3, -0.25) is 0 Å². The number of nitrogens with one attached hydrogen (secondary N) is 1. The maximum Gasteiger partial charge on any atom is 0.226 e. The Morgan fingerprint density at radius 3 is 2.08 bits per heavy atom. The number of aromatic hydroxyl groups is 1. The number of benzene rings is 1. The quantitative estimate of drug-likeness (QED) is 0.803. The van der Waals surface area contributed by atoms with Crippen molar-refractivity contribution in [1.82, 2.24) is 9.97 Å². The lowest BCUT2D eigenvalue weighted by atomic mass is 9.99. The van der Waals surface area contributed by atoms with E-state index >= 15 is 0 Å². The summed E-state index contributed by atoms with van der Waals surface area (Å²) in [5, 5.41) is 13.4. The molecule has 1 aromatic heterocycles. The molecule has 0 saturated carbocycles. The molecular formula is C18H23N3O3. The van der Waals surface area contributed by atoms with Gasteiger partial charge in [0.05, 0.1) is 14.2 Å². The number of ether oxygens (including phenoxy) is 2. The molecule has 2 N–H and O–H groups in total. The standard InChI is InChI=1S/C18H23N3O3/c1-5-13(14(6-2)21-18-19-8-7-9-20-18)12-10-15(23-3)17(22)16(11-12)24-4/h7-11,22H,5-6H2,1-4H3,(H,19,20,21)/b14-13+. The molecule has 6 nitrogen and oxygen atoms in total. The van der Waals surface area contributed by atoms with Gasteiger partial charge >= 0.3 is 0 Å². The smallest absolute Gasteiger partial charge is 0.226 e. The van der Waals surface area contributed by atoms with Crippen molar-refractivity contribution in [2.75, 3.05) is 19.5 Å². The maximum atomic E-state index is 10.1. The van der Waals surface area contributed by atoms with Gasteiger partial charge in [0.2, 0.25) is 11.7 Å². The molecule has 0 bridgehead atoms. The van der Waals surface area contributed by atoms with Gasteiger partial charge in [-0.05, 0) is 42.2 Å². The largest absolute Gasteiger partial charge is 0.502 e. The number of anilines is 1. The molecule has 1 heterocycles. The third-order valence-electron chi connectivity index (χ3n) is 3.73. The highest BCUT2D eigenvalue weighted by Crippen LogP contribution is 2.40. The van der Waals surface area contributed by atoms with E-state index in [1.165, 1.54) is 14.2 Å². The molecule has 24 heavy (non-hydrogen) atoms. The van der Waals surface area contributed by atoms with Crippen LogP contribution in [0.5, 0.6) is 17.2 Å². The minimum absolute atomic E-state index is 0.00314. The predicted octanol–water partition coefficient (Wildman–Crippen LogP) is 3.84. The molecule has 2 aromatic rings. The molecule has 0 aliphatic heterocycles. The predicted molar refractivity (Wildman–Crippen MR) is 94.4 cm³/mol. The Balaban J connectivity index is 2.51. The van der Waals surface area contributed by atoms with Crippen LogP contribution in [-0.4, -0.2) is 29.3 Å². The van der Waals surface area contributed by atoms with Gasteiger partial charge in [0, 0.05) is 18.1 Å². The van der Waals surface area contributed by atoms with E-state index in [2.05, 4.69) is 29.1 Å². The normalized spacial score (nSPS) is 11.7. The van der Waals surface area contributed by atoms with Crippen molar-refractivity contribution in [3.63, 3.8) is 0 Å². The third-order valence-corrected chi connectivity index (χ3v) is 3.73. The summed E-state index contributed by atoms with van der Waals surface area (Å²) in [6, 6.07) is 5.39. The molecule has 0 unspecified atom stereocenters. The number of rotatable bonds is 7. The van der Waals surface area contributed by atoms with Gasteiger partial charge < -0.3 is 19.9 Å². The van der Waals surface area contributed by atoms with Crippen LogP contribution in [0.3, 0.4) is 0 Å². The van der Waals surface area contributed by atoms with Crippen LogP contribution in [0.25, 0.3) is 5.57 Å². The highest BCUT2D eigenvalue weighted by Gasteiger charge is 2.15. The van der Waals surface area contributed by atoms with Crippen molar-refractivity contribution in [2.45, 2.75) is 26.7 Å². The fraction of sp³-hybridized carbons (Fsp3) is 0.333. The summed E-state index contributed by atoms with van der Waals surface area (Å²) in [5.41, 5.74) is 3.02. The van der Waals surface area contributed by atoms with E-state index in [9.17, 15) is 5.11 Å². The maximum absolute atomic E-state index is 10.1. The van der Waals surface area contributed by atoms with Crippen LogP contribution in [0, 0.1) is 0 Å². The molecule has 6 heteroatoms. The second-order valence-electron chi connectivity index (χ2n) is 5.09. The molecule has 0 aliphatic rings. The van der Waals surface area contributed by atoms with E-state index in [-0.39, 0.29) is 5.75 Å². The van der Waals surface area contributed by atoms with Gasteiger partial charge in [0.1, 0.15) is 0 Å². The van der Waals surface area contributed by atoms with E-state index in [1.54, 1.807) is 30.6 Å². The van der Waals surface area contributed by atoms with Crippen LogP contribution in [-0.2, 0) is 0 Å². The van der Waals surface area contributed by atoms with Crippen molar-refractivity contribution in [3.8, 4) is 17.2 Å². The highest BCUT2D eigenvalue weighted by atomic mass is 16.5. The Morgan fingerprint density at radius 2 is 1.62 bits per heavy atom. The number of phenols is 1. The van der Waals surface area contributed by atoms with Gasteiger partial charge in [-0.2, -0.15) is 0 Å². The molecule has 0 amide bonds.